The predicted octanol–water partition coefficient (Wildman–Crippen LogP) is 16.3. The first-order valence-corrected chi connectivity index (χ1v) is 23.1. The van der Waals surface area contributed by atoms with Crippen molar-refractivity contribution in [2.24, 2.45) is 17.8 Å². The summed E-state index contributed by atoms with van der Waals surface area (Å²) in [6, 6.07) is 66.7. The van der Waals surface area contributed by atoms with Crippen LogP contribution in [0.4, 0.5) is 34.1 Å². The fourth-order valence-corrected chi connectivity index (χ4v) is 12.6. The van der Waals surface area contributed by atoms with Gasteiger partial charge in [-0.3, -0.25) is 0 Å². The normalized spacial score (nSPS) is 23.3. The van der Waals surface area contributed by atoms with Crippen LogP contribution in [0.3, 0.4) is 0 Å². The van der Waals surface area contributed by atoms with Gasteiger partial charge in [0.05, 0.1) is 0 Å². The predicted molar refractivity (Wildman–Crippen MR) is 256 cm³/mol. The van der Waals surface area contributed by atoms with Gasteiger partial charge in [-0.25, -0.2) is 0 Å². The average molecular weight is 795 g/mol. The molecule has 0 heterocycles. The Hall–Kier alpha value is -5.86. The third kappa shape index (κ3) is 6.44. The number of benzene rings is 7. The largest absolute Gasteiger partial charge is 0.311 e. The molecule has 7 aromatic rings. The summed E-state index contributed by atoms with van der Waals surface area (Å²) in [5.74, 6) is 3.06. The summed E-state index contributed by atoms with van der Waals surface area (Å²) in [5.41, 5.74) is 17.0. The Kier molecular flexibility index (Phi) is 9.52. The van der Waals surface area contributed by atoms with Gasteiger partial charge in [0.1, 0.15) is 0 Å². The van der Waals surface area contributed by atoms with Gasteiger partial charge in [-0.05, 0) is 168 Å². The number of nitrogens with zero attached hydrogens (tertiary/aromatic N) is 2. The molecule has 11 rings (SSSR count). The van der Waals surface area contributed by atoms with Crippen LogP contribution in [-0.4, -0.2) is 0 Å². The molecular weight excluding hydrogens is 737 g/mol. The zero-order chi connectivity index (χ0) is 41.1. The van der Waals surface area contributed by atoms with Gasteiger partial charge in [0.2, 0.25) is 0 Å². The third-order valence-corrected chi connectivity index (χ3v) is 15.8. The molecule has 0 aliphatic heterocycles. The molecule has 2 bridgehead atoms. The van der Waals surface area contributed by atoms with Crippen LogP contribution in [0.25, 0.3) is 11.1 Å². The van der Waals surface area contributed by atoms with Crippen molar-refractivity contribution in [2.45, 2.75) is 88.9 Å². The Morgan fingerprint density at radius 2 is 0.984 bits per heavy atom. The second-order valence-corrected chi connectivity index (χ2v) is 19.3. The Morgan fingerprint density at radius 3 is 1.56 bits per heavy atom. The van der Waals surface area contributed by atoms with Gasteiger partial charge in [-0.1, -0.05) is 143 Å². The number of hydrogen-bond donors (Lipinski definition) is 0. The van der Waals surface area contributed by atoms with E-state index in [-0.39, 0.29) is 10.8 Å². The van der Waals surface area contributed by atoms with Crippen molar-refractivity contribution in [1.82, 2.24) is 0 Å². The summed E-state index contributed by atoms with van der Waals surface area (Å²) >= 11 is 0. The van der Waals surface area contributed by atoms with Crippen molar-refractivity contribution in [3.8, 4) is 11.1 Å². The second-order valence-electron chi connectivity index (χ2n) is 19.3. The van der Waals surface area contributed by atoms with E-state index < -0.39 is 0 Å². The molecule has 0 saturated heterocycles. The smallest absolute Gasteiger partial charge is 0.0465 e. The van der Waals surface area contributed by atoms with Gasteiger partial charge in [0.25, 0.3) is 0 Å². The maximum absolute atomic E-state index is 2.52. The van der Waals surface area contributed by atoms with E-state index in [0.29, 0.717) is 5.92 Å². The summed E-state index contributed by atoms with van der Waals surface area (Å²) in [7, 11) is 0. The quantitative estimate of drug-likeness (QED) is 0.144. The lowest BCUT2D eigenvalue weighted by Gasteiger charge is -2.44. The van der Waals surface area contributed by atoms with Crippen LogP contribution in [0.1, 0.15) is 106 Å². The molecule has 4 aliphatic carbocycles. The lowest BCUT2D eigenvalue weighted by Crippen LogP contribution is -2.37. The summed E-state index contributed by atoms with van der Waals surface area (Å²) < 4.78 is 0. The zero-order valence-electron chi connectivity index (χ0n) is 36.1. The molecule has 61 heavy (non-hydrogen) atoms. The van der Waals surface area contributed by atoms with Gasteiger partial charge >= 0.3 is 0 Å². The highest BCUT2D eigenvalue weighted by molar-refractivity contribution is 5.85. The third-order valence-electron chi connectivity index (χ3n) is 15.8. The first-order chi connectivity index (χ1) is 29.9. The Bertz CT molecular complexity index is 2600. The van der Waals surface area contributed by atoms with Crippen LogP contribution >= 0.6 is 0 Å². The zero-order valence-corrected chi connectivity index (χ0v) is 36.1. The van der Waals surface area contributed by atoms with E-state index in [0.717, 1.165) is 24.2 Å². The molecule has 3 saturated carbocycles. The van der Waals surface area contributed by atoms with Gasteiger partial charge in [0, 0.05) is 45.0 Å². The molecule has 0 aromatic heterocycles. The first-order valence-electron chi connectivity index (χ1n) is 23.1. The van der Waals surface area contributed by atoms with Crippen molar-refractivity contribution in [3.05, 3.63) is 204 Å². The van der Waals surface area contributed by atoms with E-state index in [4.69, 9.17) is 0 Å². The Morgan fingerprint density at radius 1 is 0.459 bits per heavy atom. The molecule has 3 fully saturated rings. The second kappa shape index (κ2) is 15.2. The highest BCUT2D eigenvalue weighted by Crippen LogP contribution is 2.55. The number of para-hydroxylation sites is 2. The van der Waals surface area contributed by atoms with E-state index in [1.165, 1.54) is 118 Å². The van der Waals surface area contributed by atoms with Crippen LogP contribution in [0, 0.1) is 17.8 Å². The fourth-order valence-electron chi connectivity index (χ4n) is 12.6. The molecule has 5 unspecified atom stereocenters. The molecule has 0 amide bonds. The van der Waals surface area contributed by atoms with Gasteiger partial charge in [-0.15, -0.1) is 0 Å². The minimum atomic E-state index is -0.0681. The number of hydrogen-bond acceptors (Lipinski definition) is 2. The minimum absolute atomic E-state index is 0.0594. The average Bonchev–Trinajstić information content (AvgIpc) is 4.01. The molecule has 4 aliphatic rings. The standard InChI is InChI=1S/C59H58N2/c1-41-14-12-13-37-59(41,45-25-31-50(32-26-45)60(47-15-6-4-7-16-47)48-17-8-5-9-18-48)46-27-33-51(34-28-46)61(49-29-23-43(24-30-49)55-39-42-21-22-44(55)38-42)52-35-36-54-53-19-10-11-20-56(53)58(2,3)57(54)40-52/h4-11,15-20,23-36,40-42,44,55H,12-14,21-22,37-39H2,1-3H3. The molecule has 2 nitrogen and oxygen atoms in total. The number of anilines is 6. The fraction of sp³-hybridized carbons (Fsp3) is 0.288. The monoisotopic (exact) mass is 794 g/mol. The SMILES string of the molecule is CC1CCCCC1(c1ccc(N(c2ccccc2)c2ccccc2)cc1)c1ccc(N(c2ccc(C3CC4CCC3C4)cc2)c2ccc3c(c2)C(C)(C)c2ccccc2-3)cc1. The first kappa shape index (κ1) is 38.1. The highest BCUT2D eigenvalue weighted by atomic mass is 15.1. The van der Waals surface area contributed by atoms with Crippen LogP contribution < -0.4 is 9.80 Å². The van der Waals surface area contributed by atoms with Gasteiger partial charge < -0.3 is 9.80 Å². The van der Waals surface area contributed by atoms with Crippen LogP contribution in [0.5, 0.6) is 0 Å². The van der Waals surface area contributed by atoms with E-state index in [1.807, 2.05) is 0 Å². The van der Waals surface area contributed by atoms with Gasteiger partial charge in [0.15, 0.2) is 0 Å². The Balaban J connectivity index is 0.975. The highest BCUT2D eigenvalue weighted by Gasteiger charge is 2.42. The molecule has 0 radical (unpaired) electrons. The maximum Gasteiger partial charge on any atom is 0.0465 e. The molecule has 0 spiro atoms. The van der Waals surface area contributed by atoms with Crippen molar-refractivity contribution < 1.29 is 0 Å². The van der Waals surface area contributed by atoms with Gasteiger partial charge in [-0.2, -0.15) is 0 Å². The van der Waals surface area contributed by atoms with Crippen molar-refractivity contribution >= 4 is 34.1 Å². The van der Waals surface area contributed by atoms with E-state index >= 15 is 0 Å². The topological polar surface area (TPSA) is 6.48 Å². The minimum Gasteiger partial charge on any atom is -0.311 e. The lowest BCUT2D eigenvalue weighted by atomic mass is 9.60. The summed E-state index contributed by atoms with van der Waals surface area (Å²) in [4.78, 5) is 4.88. The van der Waals surface area contributed by atoms with Crippen molar-refractivity contribution in [2.75, 3.05) is 9.80 Å². The van der Waals surface area contributed by atoms with Crippen LogP contribution in [-0.2, 0) is 10.8 Å². The number of rotatable bonds is 9. The van der Waals surface area contributed by atoms with Crippen LogP contribution in [0.2, 0.25) is 0 Å². The van der Waals surface area contributed by atoms with Crippen molar-refractivity contribution in [3.63, 3.8) is 0 Å². The van der Waals surface area contributed by atoms with E-state index in [9.17, 15) is 0 Å². The maximum atomic E-state index is 2.52. The molecule has 7 aromatic carbocycles. The lowest BCUT2D eigenvalue weighted by molar-refractivity contribution is 0.244. The van der Waals surface area contributed by atoms with E-state index in [2.05, 4.69) is 206 Å². The van der Waals surface area contributed by atoms with Crippen LogP contribution in [0.15, 0.2) is 176 Å². The summed E-state index contributed by atoms with van der Waals surface area (Å²) in [5, 5.41) is 0. The molecule has 5 atom stereocenters. The van der Waals surface area contributed by atoms with E-state index in [1.54, 1.807) is 0 Å². The summed E-state index contributed by atoms with van der Waals surface area (Å²) in [6.45, 7) is 7.28. The van der Waals surface area contributed by atoms with Crippen molar-refractivity contribution in [1.29, 1.82) is 0 Å². The Labute approximate surface area is 363 Å². The molecule has 2 heteroatoms. The number of fused-ring (bicyclic) bond motifs is 5. The molecule has 0 N–H and O–H groups in total. The molecule has 304 valence electrons. The molecular formula is C59H58N2. The summed E-state index contributed by atoms with van der Waals surface area (Å²) in [6.07, 6.45) is 10.6.